The van der Waals surface area contributed by atoms with Crippen LogP contribution in [0.4, 0.5) is 0 Å². The molecule has 1 atom stereocenters. The van der Waals surface area contributed by atoms with Crippen molar-refractivity contribution in [3.63, 3.8) is 0 Å². The van der Waals surface area contributed by atoms with Crippen LogP contribution >= 0.6 is 27.5 Å². The molecule has 1 aromatic carbocycles. The van der Waals surface area contributed by atoms with Crippen LogP contribution in [0.25, 0.3) is 0 Å². The van der Waals surface area contributed by atoms with Crippen LogP contribution in [-0.4, -0.2) is 27.8 Å². The number of hydrogen-bond donors (Lipinski definition) is 2. The molecule has 0 spiro atoms. The van der Waals surface area contributed by atoms with E-state index in [1.165, 1.54) is 12.1 Å². The number of halogens is 2. The molecule has 1 rings (SSSR count). The Hall–Kier alpha value is -0.910. The number of benzene rings is 1. The maximum atomic E-state index is 11.7. The lowest BCUT2D eigenvalue weighted by molar-refractivity contribution is -0.146. The second-order valence-corrected chi connectivity index (χ2v) is 4.63. The molecule has 0 aliphatic rings. The molecule has 1 unspecified atom stereocenters. The number of alkyl halides is 1. The number of carbonyl (C=O) groups excluding carboxylic acids is 1. The van der Waals surface area contributed by atoms with E-state index >= 15 is 0 Å². The third-order valence-corrected chi connectivity index (χ3v) is 2.85. The van der Waals surface area contributed by atoms with Gasteiger partial charge in [-0.2, -0.15) is 0 Å². The summed E-state index contributed by atoms with van der Waals surface area (Å²) in [7, 11) is 0. The van der Waals surface area contributed by atoms with Gasteiger partial charge in [-0.1, -0.05) is 15.9 Å². The molecule has 92 valence electrons. The fourth-order valence-electron chi connectivity index (χ4n) is 1.37. The minimum atomic E-state index is -1.72. The van der Waals surface area contributed by atoms with Crippen molar-refractivity contribution in [2.75, 3.05) is 5.88 Å². The Balaban J connectivity index is 3.21. The minimum Gasteiger partial charge on any atom is -0.479 e. The van der Waals surface area contributed by atoms with Crippen LogP contribution in [0.5, 0.6) is 0 Å². The predicted octanol–water partition coefficient (Wildman–Crippen LogP) is 2.38. The van der Waals surface area contributed by atoms with Gasteiger partial charge in [0.25, 0.3) is 0 Å². The van der Waals surface area contributed by atoms with E-state index in [4.69, 9.17) is 16.7 Å². The van der Waals surface area contributed by atoms with Crippen molar-refractivity contribution < 1.29 is 19.8 Å². The molecule has 0 bridgehead atoms. The fourth-order valence-corrected chi connectivity index (χ4v) is 1.92. The normalized spacial score (nSPS) is 12.2. The lowest BCUT2D eigenvalue weighted by atomic mass is 9.98. The largest absolute Gasteiger partial charge is 0.479 e. The van der Waals surface area contributed by atoms with Crippen molar-refractivity contribution in [3.8, 4) is 0 Å². The number of rotatable bonds is 5. The summed E-state index contributed by atoms with van der Waals surface area (Å²) in [6.45, 7) is 0. The Morgan fingerprint density at radius 1 is 1.41 bits per heavy atom. The molecule has 2 N–H and O–H groups in total. The number of aliphatic carboxylic acids is 1. The number of aliphatic hydroxyl groups is 1. The number of aliphatic hydroxyl groups excluding tert-OH is 1. The third-order valence-electron chi connectivity index (χ3n) is 2.16. The maximum Gasteiger partial charge on any atom is 0.337 e. The Kier molecular flexibility index (Phi) is 5.11. The molecule has 6 heteroatoms. The molecule has 0 heterocycles. The van der Waals surface area contributed by atoms with Crippen molar-refractivity contribution >= 4 is 39.3 Å². The Morgan fingerprint density at radius 3 is 2.59 bits per heavy atom. The van der Waals surface area contributed by atoms with Crippen LogP contribution in [0.1, 0.15) is 28.4 Å². The van der Waals surface area contributed by atoms with E-state index < -0.39 is 12.1 Å². The summed E-state index contributed by atoms with van der Waals surface area (Å²) in [6, 6.07) is 4.50. The molecular weight excluding hydrogens is 311 g/mol. The van der Waals surface area contributed by atoms with Gasteiger partial charge >= 0.3 is 5.97 Å². The lowest BCUT2D eigenvalue weighted by Crippen LogP contribution is -2.15. The van der Waals surface area contributed by atoms with Crippen LogP contribution < -0.4 is 0 Å². The van der Waals surface area contributed by atoms with E-state index in [1.54, 1.807) is 6.07 Å². The summed E-state index contributed by atoms with van der Waals surface area (Å²) < 4.78 is 0.593. The number of Topliss-reactive ketones (excluding diaryl/α,β-unsaturated/α-hetero) is 1. The van der Waals surface area contributed by atoms with Crippen LogP contribution in [0.2, 0.25) is 0 Å². The molecule has 0 amide bonds. The molecular formula is C11H10BrClO4. The van der Waals surface area contributed by atoms with Crippen molar-refractivity contribution in [3.05, 3.63) is 33.8 Å². The second-order valence-electron chi connectivity index (χ2n) is 3.33. The Labute approximate surface area is 111 Å². The summed E-state index contributed by atoms with van der Waals surface area (Å²) in [4.78, 5) is 22.4. The SMILES string of the molecule is O=C(CCCl)c1ccc(Br)cc1C(O)C(=O)O. The average molecular weight is 322 g/mol. The third kappa shape index (κ3) is 3.52. The first-order valence-electron chi connectivity index (χ1n) is 4.77. The fraction of sp³-hybridized carbons (Fsp3) is 0.273. The second kappa shape index (κ2) is 6.14. The Bertz CT molecular complexity index is 447. The molecule has 1 aromatic rings. The molecule has 0 saturated carbocycles. The minimum absolute atomic E-state index is 0.0713. The number of ketones is 1. The molecule has 0 aromatic heterocycles. The summed E-state index contributed by atoms with van der Waals surface area (Å²) >= 11 is 8.62. The topological polar surface area (TPSA) is 74.6 Å². The molecule has 0 aliphatic carbocycles. The quantitative estimate of drug-likeness (QED) is 0.645. The van der Waals surface area contributed by atoms with Crippen molar-refractivity contribution in [2.45, 2.75) is 12.5 Å². The smallest absolute Gasteiger partial charge is 0.337 e. The summed E-state index contributed by atoms with van der Waals surface area (Å²) in [5, 5.41) is 18.3. The van der Waals surface area contributed by atoms with E-state index in [1.807, 2.05) is 0 Å². The van der Waals surface area contributed by atoms with E-state index in [0.29, 0.717) is 4.47 Å². The number of carboxylic acids is 1. The van der Waals surface area contributed by atoms with Crippen LogP contribution in [0.3, 0.4) is 0 Å². The standard InChI is InChI=1S/C11H10BrClO4/c12-6-1-2-7(9(14)3-4-13)8(5-6)10(15)11(16)17/h1-2,5,10,15H,3-4H2,(H,16,17). The van der Waals surface area contributed by atoms with E-state index in [9.17, 15) is 14.7 Å². The van der Waals surface area contributed by atoms with Crippen molar-refractivity contribution in [2.24, 2.45) is 0 Å². The predicted molar refractivity (Wildman–Crippen MR) is 66.4 cm³/mol. The van der Waals surface area contributed by atoms with Gasteiger partial charge in [-0.3, -0.25) is 4.79 Å². The lowest BCUT2D eigenvalue weighted by Gasteiger charge is -2.11. The van der Waals surface area contributed by atoms with Gasteiger partial charge in [0.05, 0.1) is 0 Å². The van der Waals surface area contributed by atoms with Crippen molar-refractivity contribution in [1.82, 2.24) is 0 Å². The zero-order valence-electron chi connectivity index (χ0n) is 8.69. The van der Waals surface area contributed by atoms with Crippen LogP contribution in [-0.2, 0) is 4.79 Å². The summed E-state index contributed by atoms with van der Waals surface area (Å²) in [5.74, 6) is -1.54. The first-order valence-corrected chi connectivity index (χ1v) is 6.09. The zero-order valence-corrected chi connectivity index (χ0v) is 11.0. The maximum absolute atomic E-state index is 11.7. The summed E-state index contributed by atoms with van der Waals surface area (Å²) in [6.07, 6.45) is -1.62. The molecule has 0 fully saturated rings. The van der Waals surface area contributed by atoms with Gasteiger partial charge in [-0.05, 0) is 18.2 Å². The monoisotopic (exact) mass is 320 g/mol. The summed E-state index contributed by atoms with van der Waals surface area (Å²) in [5.41, 5.74) is 0.255. The van der Waals surface area contributed by atoms with Gasteiger partial charge in [0, 0.05) is 27.9 Å². The Morgan fingerprint density at radius 2 is 2.06 bits per heavy atom. The van der Waals surface area contributed by atoms with Crippen LogP contribution in [0.15, 0.2) is 22.7 Å². The van der Waals surface area contributed by atoms with Gasteiger partial charge in [0.15, 0.2) is 11.9 Å². The highest BCUT2D eigenvalue weighted by molar-refractivity contribution is 9.10. The van der Waals surface area contributed by atoms with Gasteiger partial charge in [0.1, 0.15) is 0 Å². The number of carboxylic acid groups (broad SMARTS) is 1. The molecule has 0 radical (unpaired) electrons. The zero-order chi connectivity index (χ0) is 13.0. The van der Waals surface area contributed by atoms with E-state index in [0.717, 1.165) is 0 Å². The van der Waals surface area contributed by atoms with Gasteiger partial charge in [-0.15, -0.1) is 11.6 Å². The van der Waals surface area contributed by atoms with Crippen molar-refractivity contribution in [1.29, 1.82) is 0 Å². The molecule has 17 heavy (non-hydrogen) atoms. The number of carbonyl (C=O) groups is 2. The van der Waals surface area contributed by atoms with Gasteiger partial charge in [0.2, 0.25) is 0 Å². The highest BCUT2D eigenvalue weighted by Gasteiger charge is 2.22. The molecule has 4 nitrogen and oxygen atoms in total. The number of hydrogen-bond acceptors (Lipinski definition) is 3. The van der Waals surface area contributed by atoms with Gasteiger partial charge < -0.3 is 10.2 Å². The van der Waals surface area contributed by atoms with E-state index in [2.05, 4.69) is 15.9 Å². The molecule has 0 saturated heterocycles. The average Bonchev–Trinajstić information content (AvgIpc) is 2.28. The van der Waals surface area contributed by atoms with Gasteiger partial charge in [-0.25, -0.2) is 4.79 Å². The first-order chi connectivity index (χ1) is 7.97. The highest BCUT2D eigenvalue weighted by Crippen LogP contribution is 2.24. The molecule has 0 aliphatic heterocycles. The van der Waals surface area contributed by atoms with E-state index in [-0.39, 0.29) is 29.2 Å². The van der Waals surface area contributed by atoms with Crippen LogP contribution in [0, 0.1) is 0 Å². The highest BCUT2D eigenvalue weighted by atomic mass is 79.9. The first kappa shape index (κ1) is 14.2.